The average Bonchev–Trinajstić information content (AvgIpc) is 2.43. The molecule has 1 saturated heterocycles. The molecular weight excluding hydrogens is 294 g/mol. The number of carbonyl (C=O) groups is 1. The molecule has 2 rings (SSSR count). The van der Waals surface area contributed by atoms with Gasteiger partial charge in [0.1, 0.15) is 5.75 Å². The van der Waals surface area contributed by atoms with Gasteiger partial charge in [-0.2, -0.15) is 0 Å². The smallest absolute Gasteiger partial charge is 0.234 e. The minimum absolute atomic E-state index is 0.167. The van der Waals surface area contributed by atoms with E-state index in [1.807, 2.05) is 20.8 Å². The van der Waals surface area contributed by atoms with Crippen LogP contribution in [-0.2, 0) is 14.3 Å². The quantitative estimate of drug-likeness (QED) is 0.931. The van der Waals surface area contributed by atoms with Gasteiger partial charge in [0, 0.05) is 5.69 Å². The fourth-order valence-corrected chi connectivity index (χ4v) is 2.16. The Balaban J connectivity index is 2.06. The number of hydrogen-bond acceptors (Lipinski definition) is 4. The number of rotatable bonds is 3. The normalized spacial score (nSPS) is 19.9. The third-order valence-electron chi connectivity index (χ3n) is 3.43. The van der Waals surface area contributed by atoms with E-state index in [9.17, 15) is 4.79 Å². The van der Waals surface area contributed by atoms with E-state index in [1.54, 1.807) is 25.3 Å². The van der Waals surface area contributed by atoms with E-state index in [1.165, 1.54) is 0 Å². The second-order valence-corrected chi connectivity index (χ2v) is 6.25. The molecular formula is C15H20ClNO4. The van der Waals surface area contributed by atoms with Crippen LogP contribution in [-0.4, -0.2) is 32.0 Å². The molecule has 1 heterocycles. The number of carbonyl (C=O) groups excluding carboxylic acids is 1. The number of amides is 1. The van der Waals surface area contributed by atoms with Crippen molar-refractivity contribution < 1.29 is 19.0 Å². The van der Waals surface area contributed by atoms with Crippen molar-refractivity contribution in [2.75, 3.05) is 25.6 Å². The van der Waals surface area contributed by atoms with Crippen molar-refractivity contribution >= 4 is 23.2 Å². The highest BCUT2D eigenvalue weighted by Crippen LogP contribution is 2.32. The molecule has 1 amide bonds. The van der Waals surface area contributed by atoms with Crippen LogP contribution >= 0.6 is 11.6 Å². The molecule has 0 saturated carbocycles. The summed E-state index contributed by atoms with van der Waals surface area (Å²) >= 11 is 6.05. The van der Waals surface area contributed by atoms with Gasteiger partial charge >= 0.3 is 0 Å². The van der Waals surface area contributed by atoms with Crippen LogP contribution in [0, 0.1) is 5.41 Å². The molecule has 0 aliphatic carbocycles. The van der Waals surface area contributed by atoms with Gasteiger partial charge in [-0.1, -0.05) is 11.6 Å². The summed E-state index contributed by atoms with van der Waals surface area (Å²) in [4.78, 5) is 12.4. The Morgan fingerprint density at radius 1 is 1.29 bits per heavy atom. The van der Waals surface area contributed by atoms with Gasteiger partial charge in [-0.3, -0.25) is 4.79 Å². The summed E-state index contributed by atoms with van der Waals surface area (Å²) in [6, 6.07) is 5.09. The Hall–Kier alpha value is -1.30. The zero-order valence-corrected chi connectivity index (χ0v) is 13.4. The molecule has 1 aromatic carbocycles. The topological polar surface area (TPSA) is 56.8 Å². The lowest BCUT2D eigenvalue weighted by Crippen LogP contribution is -2.50. The highest BCUT2D eigenvalue weighted by Gasteiger charge is 2.42. The number of nitrogens with one attached hydrogen (secondary N) is 1. The predicted octanol–water partition coefficient (Wildman–Crippen LogP) is 3.08. The summed E-state index contributed by atoms with van der Waals surface area (Å²) in [6.45, 7) is 6.07. The molecule has 1 aliphatic heterocycles. The highest BCUT2D eigenvalue weighted by molar-refractivity contribution is 6.32. The maximum Gasteiger partial charge on any atom is 0.234 e. The largest absolute Gasteiger partial charge is 0.495 e. The van der Waals surface area contributed by atoms with Crippen LogP contribution < -0.4 is 10.1 Å². The first kappa shape index (κ1) is 16.1. The number of anilines is 1. The first-order chi connectivity index (χ1) is 9.76. The summed E-state index contributed by atoms with van der Waals surface area (Å²) in [7, 11) is 1.54. The molecule has 5 nitrogen and oxygen atoms in total. The average molecular weight is 314 g/mol. The van der Waals surface area contributed by atoms with Crippen molar-refractivity contribution in [2.24, 2.45) is 5.41 Å². The maximum atomic E-state index is 12.4. The molecule has 0 radical (unpaired) electrons. The van der Waals surface area contributed by atoms with Gasteiger partial charge in [-0.15, -0.1) is 0 Å². The second kappa shape index (κ2) is 5.83. The standard InChI is InChI=1S/C15H20ClNO4/c1-14(2)20-8-15(3,9-21-14)13(18)17-10-5-6-12(19-4)11(16)7-10/h5-7H,8-9H2,1-4H3,(H,17,18). The van der Waals surface area contributed by atoms with E-state index in [4.69, 9.17) is 25.8 Å². The zero-order valence-electron chi connectivity index (χ0n) is 12.7. The SMILES string of the molecule is COc1ccc(NC(=O)C2(C)COC(C)(C)OC2)cc1Cl. The summed E-state index contributed by atoms with van der Waals surface area (Å²) in [6.07, 6.45) is 0. The molecule has 1 N–H and O–H groups in total. The highest BCUT2D eigenvalue weighted by atomic mass is 35.5. The van der Waals surface area contributed by atoms with Crippen LogP contribution in [0.2, 0.25) is 5.02 Å². The fraction of sp³-hybridized carbons (Fsp3) is 0.533. The Kier molecular flexibility index (Phi) is 4.46. The summed E-state index contributed by atoms with van der Waals surface area (Å²) in [5.41, 5.74) is -0.126. The summed E-state index contributed by atoms with van der Waals surface area (Å²) in [5, 5.41) is 3.28. The molecule has 1 aliphatic rings. The third kappa shape index (κ3) is 3.67. The molecule has 116 valence electrons. The van der Waals surface area contributed by atoms with Crippen molar-refractivity contribution in [1.29, 1.82) is 0 Å². The minimum Gasteiger partial charge on any atom is -0.495 e. The van der Waals surface area contributed by atoms with Crippen LogP contribution in [0.1, 0.15) is 20.8 Å². The van der Waals surface area contributed by atoms with Gasteiger partial charge in [0.05, 0.1) is 30.8 Å². The van der Waals surface area contributed by atoms with Crippen LogP contribution in [0.3, 0.4) is 0 Å². The number of ether oxygens (including phenoxy) is 3. The summed E-state index contributed by atoms with van der Waals surface area (Å²) in [5.74, 6) is -0.255. The Bertz CT molecular complexity index is 534. The van der Waals surface area contributed by atoms with E-state index < -0.39 is 11.2 Å². The lowest BCUT2D eigenvalue weighted by atomic mass is 9.90. The summed E-state index contributed by atoms with van der Waals surface area (Å²) < 4.78 is 16.2. The fourth-order valence-electron chi connectivity index (χ4n) is 1.91. The monoisotopic (exact) mass is 313 g/mol. The van der Waals surface area contributed by atoms with Gasteiger partial charge in [-0.05, 0) is 39.0 Å². The first-order valence-corrected chi connectivity index (χ1v) is 7.06. The molecule has 6 heteroatoms. The molecule has 0 atom stereocenters. The minimum atomic E-state index is -0.734. The first-order valence-electron chi connectivity index (χ1n) is 6.69. The molecule has 21 heavy (non-hydrogen) atoms. The van der Waals surface area contributed by atoms with Crippen molar-refractivity contribution in [3.8, 4) is 5.75 Å². The van der Waals surface area contributed by atoms with Crippen molar-refractivity contribution in [1.82, 2.24) is 0 Å². The molecule has 0 aromatic heterocycles. The maximum absolute atomic E-state index is 12.4. The van der Waals surface area contributed by atoms with Crippen molar-refractivity contribution in [2.45, 2.75) is 26.6 Å². The number of halogens is 1. The second-order valence-electron chi connectivity index (χ2n) is 5.84. The molecule has 0 unspecified atom stereocenters. The van der Waals surface area contributed by atoms with Crippen molar-refractivity contribution in [3.63, 3.8) is 0 Å². The lowest BCUT2D eigenvalue weighted by Gasteiger charge is -2.40. The molecule has 0 spiro atoms. The van der Waals surface area contributed by atoms with Gasteiger partial charge in [0.2, 0.25) is 5.91 Å². The van der Waals surface area contributed by atoms with Crippen molar-refractivity contribution in [3.05, 3.63) is 23.2 Å². The number of hydrogen-bond donors (Lipinski definition) is 1. The molecule has 0 bridgehead atoms. The number of methoxy groups -OCH3 is 1. The van der Waals surface area contributed by atoms with Crippen LogP contribution in [0.5, 0.6) is 5.75 Å². The van der Waals surface area contributed by atoms with E-state index in [0.717, 1.165) is 0 Å². The lowest BCUT2D eigenvalue weighted by molar-refractivity contribution is -0.276. The third-order valence-corrected chi connectivity index (χ3v) is 3.73. The van der Waals surface area contributed by atoms with E-state index in [0.29, 0.717) is 29.7 Å². The van der Waals surface area contributed by atoms with E-state index in [2.05, 4.69) is 5.32 Å². The zero-order chi connectivity index (χ0) is 15.7. The Morgan fingerprint density at radius 3 is 2.43 bits per heavy atom. The van der Waals surface area contributed by atoms with Gasteiger partial charge in [0.15, 0.2) is 5.79 Å². The predicted molar refractivity (Wildman–Crippen MR) is 80.7 cm³/mol. The molecule has 1 aromatic rings. The van der Waals surface area contributed by atoms with Crippen LogP contribution in [0.25, 0.3) is 0 Å². The Labute approximate surface area is 129 Å². The van der Waals surface area contributed by atoms with E-state index in [-0.39, 0.29) is 5.91 Å². The van der Waals surface area contributed by atoms with Crippen LogP contribution in [0.15, 0.2) is 18.2 Å². The van der Waals surface area contributed by atoms with Gasteiger partial charge < -0.3 is 19.5 Å². The van der Waals surface area contributed by atoms with Crippen LogP contribution in [0.4, 0.5) is 5.69 Å². The van der Waals surface area contributed by atoms with Gasteiger partial charge in [0.25, 0.3) is 0 Å². The Morgan fingerprint density at radius 2 is 1.90 bits per heavy atom. The van der Waals surface area contributed by atoms with E-state index >= 15 is 0 Å². The van der Waals surface area contributed by atoms with Gasteiger partial charge in [-0.25, -0.2) is 0 Å². The molecule has 1 fully saturated rings. The number of benzene rings is 1.